The first kappa shape index (κ1) is 14.0. The summed E-state index contributed by atoms with van der Waals surface area (Å²) in [4.78, 5) is 2.27. The molecule has 3 fully saturated rings. The minimum Gasteiger partial charge on any atom is -0.330 e. The van der Waals surface area contributed by atoms with E-state index < -0.39 is 9.84 Å². The van der Waals surface area contributed by atoms with Crippen molar-refractivity contribution in [2.24, 2.45) is 5.73 Å². The fourth-order valence-corrected chi connectivity index (χ4v) is 5.25. The molecule has 0 saturated carbocycles. The third-order valence-electron chi connectivity index (χ3n) is 4.48. The first-order valence-corrected chi connectivity index (χ1v) is 8.93. The van der Waals surface area contributed by atoms with Gasteiger partial charge in [0.05, 0.1) is 10.5 Å². The molecule has 1 aromatic rings. The summed E-state index contributed by atoms with van der Waals surface area (Å²) in [6, 6.07) is 8.62. The lowest BCUT2D eigenvalue weighted by Crippen LogP contribution is -2.61. The first-order valence-electron chi connectivity index (χ1n) is 7.32. The van der Waals surface area contributed by atoms with Gasteiger partial charge in [0.1, 0.15) is 0 Å². The van der Waals surface area contributed by atoms with Crippen molar-refractivity contribution in [3.8, 4) is 0 Å². The van der Waals surface area contributed by atoms with Crippen LogP contribution in [0, 0.1) is 0 Å². The van der Waals surface area contributed by atoms with Crippen LogP contribution in [-0.2, 0) is 22.8 Å². The van der Waals surface area contributed by atoms with E-state index in [9.17, 15) is 8.42 Å². The van der Waals surface area contributed by atoms with Gasteiger partial charge in [-0.15, -0.1) is 0 Å². The van der Waals surface area contributed by atoms with E-state index in [0.29, 0.717) is 13.1 Å². The molecule has 2 bridgehead atoms. The van der Waals surface area contributed by atoms with Crippen molar-refractivity contribution < 1.29 is 8.42 Å². The van der Waals surface area contributed by atoms with Crippen LogP contribution < -0.4 is 5.73 Å². The third kappa shape index (κ3) is 2.62. The molecule has 0 aliphatic carbocycles. The molecule has 0 aromatic heterocycles. The Kier molecular flexibility index (Phi) is 3.84. The normalized spacial score (nSPS) is 28.1. The number of piperidine rings is 1. The van der Waals surface area contributed by atoms with E-state index in [0.717, 1.165) is 32.4 Å². The molecule has 2 atom stereocenters. The monoisotopic (exact) mass is 294 g/mol. The van der Waals surface area contributed by atoms with Gasteiger partial charge in [-0.2, -0.15) is 0 Å². The molecule has 110 valence electrons. The number of nitrogens with zero attached hydrogens (tertiary/aromatic N) is 1. The summed E-state index contributed by atoms with van der Waals surface area (Å²) in [6.45, 7) is 2.99. The fraction of sp³-hybridized carbons (Fsp3) is 0.600. The molecule has 20 heavy (non-hydrogen) atoms. The molecule has 1 aromatic carbocycles. The molecule has 0 spiro atoms. The van der Waals surface area contributed by atoms with E-state index in [2.05, 4.69) is 29.2 Å². The molecular formula is C15H22N2O2S. The molecule has 2 unspecified atom stereocenters. The number of rotatable bonds is 5. The van der Waals surface area contributed by atoms with Crippen molar-refractivity contribution in [1.29, 1.82) is 0 Å². The molecule has 4 nitrogen and oxygen atoms in total. The topological polar surface area (TPSA) is 63.4 Å². The summed E-state index contributed by atoms with van der Waals surface area (Å²) >= 11 is 0. The summed E-state index contributed by atoms with van der Waals surface area (Å²) in [5.41, 5.74) is 8.10. The lowest BCUT2D eigenvalue weighted by molar-refractivity contribution is 0.201. The molecule has 3 heterocycles. The quantitative estimate of drug-likeness (QED) is 0.878. The maximum Gasteiger partial charge on any atom is 0.158 e. The number of benzene rings is 1. The molecule has 0 amide bonds. The highest BCUT2D eigenvalue weighted by Crippen LogP contribution is 2.35. The van der Waals surface area contributed by atoms with E-state index in [4.69, 9.17) is 5.73 Å². The Labute approximate surface area is 120 Å². The van der Waals surface area contributed by atoms with Crippen LogP contribution in [0.3, 0.4) is 0 Å². The van der Waals surface area contributed by atoms with E-state index in [1.54, 1.807) is 0 Å². The Morgan fingerprint density at radius 2 is 1.70 bits per heavy atom. The highest BCUT2D eigenvalue weighted by molar-refractivity contribution is 7.94. The van der Waals surface area contributed by atoms with Crippen molar-refractivity contribution in [3.63, 3.8) is 0 Å². The van der Waals surface area contributed by atoms with Crippen LogP contribution in [0.15, 0.2) is 24.3 Å². The van der Waals surface area contributed by atoms with Gasteiger partial charge in [0, 0.05) is 19.6 Å². The average Bonchev–Trinajstić information content (AvgIpc) is 2.46. The van der Waals surface area contributed by atoms with Crippen molar-refractivity contribution in [2.75, 3.05) is 19.6 Å². The Morgan fingerprint density at radius 1 is 1.10 bits per heavy atom. The number of hydrogen-bond donors (Lipinski definition) is 1. The van der Waals surface area contributed by atoms with E-state index in [1.807, 2.05) is 0 Å². The predicted octanol–water partition coefficient (Wildman–Crippen LogP) is 0.949. The second-order valence-corrected chi connectivity index (χ2v) is 8.48. The Hall–Kier alpha value is -0.910. The minimum absolute atomic E-state index is 0.106. The molecule has 3 saturated heterocycles. The smallest absolute Gasteiger partial charge is 0.158 e. The van der Waals surface area contributed by atoms with Crippen molar-refractivity contribution in [2.45, 2.75) is 36.3 Å². The van der Waals surface area contributed by atoms with Gasteiger partial charge in [0.25, 0.3) is 0 Å². The lowest BCUT2D eigenvalue weighted by Gasteiger charge is -2.46. The maximum atomic E-state index is 11.7. The summed E-state index contributed by atoms with van der Waals surface area (Å²) in [6.07, 6.45) is 2.92. The summed E-state index contributed by atoms with van der Waals surface area (Å²) in [7, 11) is -2.76. The van der Waals surface area contributed by atoms with E-state index in [-0.39, 0.29) is 10.5 Å². The van der Waals surface area contributed by atoms with Gasteiger partial charge >= 0.3 is 0 Å². The maximum absolute atomic E-state index is 11.7. The van der Waals surface area contributed by atoms with Crippen LogP contribution >= 0.6 is 0 Å². The van der Waals surface area contributed by atoms with Crippen LogP contribution in [0.4, 0.5) is 0 Å². The fourth-order valence-electron chi connectivity index (χ4n) is 3.22. The molecular weight excluding hydrogens is 272 g/mol. The minimum atomic E-state index is -2.76. The van der Waals surface area contributed by atoms with Crippen LogP contribution in [0.25, 0.3) is 0 Å². The average molecular weight is 294 g/mol. The zero-order chi connectivity index (χ0) is 14.2. The summed E-state index contributed by atoms with van der Waals surface area (Å²) < 4.78 is 23.5. The SMILES string of the molecule is NCCCc1ccc(CN2CC3CC(C2)S3(=O)=O)cc1. The van der Waals surface area contributed by atoms with Crippen molar-refractivity contribution in [1.82, 2.24) is 4.90 Å². The second kappa shape index (κ2) is 5.47. The first-order chi connectivity index (χ1) is 9.59. The van der Waals surface area contributed by atoms with Gasteiger partial charge in [-0.1, -0.05) is 24.3 Å². The summed E-state index contributed by atoms with van der Waals surface area (Å²) in [5.74, 6) is 0. The van der Waals surface area contributed by atoms with E-state index >= 15 is 0 Å². The number of fused-ring (bicyclic) bond motifs is 2. The van der Waals surface area contributed by atoms with Gasteiger partial charge in [0.15, 0.2) is 9.84 Å². The van der Waals surface area contributed by atoms with Gasteiger partial charge in [-0.05, 0) is 36.9 Å². The number of sulfone groups is 1. The van der Waals surface area contributed by atoms with Gasteiger partial charge in [-0.3, -0.25) is 4.90 Å². The van der Waals surface area contributed by atoms with Crippen LogP contribution in [-0.4, -0.2) is 43.5 Å². The van der Waals surface area contributed by atoms with Crippen LogP contribution in [0.1, 0.15) is 24.0 Å². The summed E-state index contributed by atoms with van der Waals surface area (Å²) in [5, 5.41) is -0.213. The number of nitrogens with two attached hydrogens (primary N) is 1. The van der Waals surface area contributed by atoms with Crippen molar-refractivity contribution >= 4 is 9.84 Å². The predicted molar refractivity (Wildman–Crippen MR) is 80.2 cm³/mol. The van der Waals surface area contributed by atoms with Gasteiger partial charge in [0.2, 0.25) is 0 Å². The highest BCUT2D eigenvalue weighted by atomic mass is 32.2. The Morgan fingerprint density at radius 3 is 2.25 bits per heavy atom. The van der Waals surface area contributed by atoms with Crippen molar-refractivity contribution in [3.05, 3.63) is 35.4 Å². The zero-order valence-electron chi connectivity index (χ0n) is 11.7. The molecule has 0 radical (unpaired) electrons. The Balaban J connectivity index is 1.57. The zero-order valence-corrected chi connectivity index (χ0v) is 12.5. The number of aryl methyl sites for hydroxylation is 1. The third-order valence-corrected chi connectivity index (χ3v) is 7.02. The molecule has 3 aliphatic heterocycles. The largest absolute Gasteiger partial charge is 0.330 e. The Bertz CT molecular complexity index is 550. The standard InChI is InChI=1S/C15H22N2O2S/c16-7-1-2-12-3-5-13(6-4-12)9-17-10-14-8-15(11-17)20(14,18)19/h3-6,14-15H,1-2,7-11,16H2. The van der Waals surface area contributed by atoms with Gasteiger partial charge in [-0.25, -0.2) is 8.42 Å². The van der Waals surface area contributed by atoms with Crippen LogP contribution in [0.5, 0.6) is 0 Å². The molecule has 2 N–H and O–H groups in total. The molecule has 3 aliphatic rings. The van der Waals surface area contributed by atoms with Gasteiger partial charge < -0.3 is 5.73 Å². The lowest BCUT2D eigenvalue weighted by atomic mass is 10.0. The number of hydrogen-bond acceptors (Lipinski definition) is 4. The van der Waals surface area contributed by atoms with E-state index in [1.165, 1.54) is 11.1 Å². The van der Waals surface area contributed by atoms with Crippen LogP contribution in [0.2, 0.25) is 0 Å². The molecule has 5 heteroatoms. The highest BCUT2D eigenvalue weighted by Gasteiger charge is 2.51. The molecule has 4 rings (SSSR count). The second-order valence-electron chi connectivity index (χ2n) is 5.97.